The number of fused-ring (bicyclic) bond motifs is 1. The Morgan fingerprint density at radius 3 is 3.30 bits per heavy atom. The van der Waals surface area contributed by atoms with Crippen LogP contribution in [-0.4, -0.2) is 15.6 Å². The summed E-state index contributed by atoms with van der Waals surface area (Å²) in [5.74, 6) is 0.348. The zero-order valence-corrected chi connectivity index (χ0v) is 5.74. The quantitative estimate of drug-likeness (QED) is 0.526. The van der Waals surface area contributed by atoms with E-state index in [0.29, 0.717) is 0 Å². The van der Waals surface area contributed by atoms with Gasteiger partial charge in [0.15, 0.2) is 5.78 Å². The minimum absolute atomic E-state index is 0.128. The van der Waals surface area contributed by atoms with Gasteiger partial charge in [-0.1, -0.05) is 6.92 Å². The van der Waals surface area contributed by atoms with E-state index in [4.69, 9.17) is 0 Å². The van der Waals surface area contributed by atoms with Crippen molar-refractivity contribution in [1.29, 1.82) is 0 Å². The van der Waals surface area contributed by atoms with Gasteiger partial charge in [0.1, 0.15) is 5.69 Å². The van der Waals surface area contributed by atoms with E-state index in [1.165, 1.54) is 0 Å². The molecule has 1 unspecified atom stereocenters. The highest BCUT2D eigenvalue weighted by atomic mass is 16.1. The Hall–Kier alpha value is -1.12. The monoisotopic (exact) mass is 136 g/mol. The molecule has 1 aliphatic heterocycles. The molecule has 1 aromatic heterocycles. The number of carbonyl (C=O) groups excluding carboxylic acids is 1. The van der Waals surface area contributed by atoms with Crippen LogP contribution in [0.3, 0.4) is 0 Å². The van der Waals surface area contributed by atoms with Crippen LogP contribution in [0.25, 0.3) is 0 Å². The van der Waals surface area contributed by atoms with Crippen LogP contribution in [0.2, 0.25) is 0 Å². The highest BCUT2D eigenvalue weighted by Gasteiger charge is 2.26. The van der Waals surface area contributed by atoms with Gasteiger partial charge in [-0.25, -0.2) is 0 Å². The lowest BCUT2D eigenvalue weighted by atomic mass is 10.1. The van der Waals surface area contributed by atoms with Gasteiger partial charge in [-0.15, -0.1) is 0 Å². The van der Waals surface area contributed by atoms with Crippen LogP contribution < -0.4 is 0 Å². The summed E-state index contributed by atoms with van der Waals surface area (Å²) in [4.78, 5) is 11.2. The molecule has 0 aliphatic carbocycles. The fourth-order valence-corrected chi connectivity index (χ4v) is 1.28. The zero-order valence-electron chi connectivity index (χ0n) is 5.74. The number of hydrogen-bond acceptors (Lipinski definition) is 2. The zero-order chi connectivity index (χ0) is 7.14. The average Bonchev–Trinajstić information content (AvgIpc) is 2.41. The van der Waals surface area contributed by atoms with Gasteiger partial charge < -0.3 is 0 Å². The van der Waals surface area contributed by atoms with E-state index in [9.17, 15) is 4.79 Å². The topological polar surface area (TPSA) is 34.9 Å². The summed E-state index contributed by atoms with van der Waals surface area (Å²) >= 11 is 0. The number of carbonyl (C=O) groups is 1. The summed E-state index contributed by atoms with van der Waals surface area (Å²) < 4.78 is 1.76. The lowest BCUT2D eigenvalue weighted by molar-refractivity contribution is 0.0946. The Balaban J connectivity index is 2.53. The van der Waals surface area contributed by atoms with E-state index in [1.54, 1.807) is 16.9 Å². The maximum atomic E-state index is 11.2. The van der Waals surface area contributed by atoms with Crippen LogP contribution in [0.1, 0.15) is 17.4 Å². The molecule has 0 fully saturated rings. The van der Waals surface area contributed by atoms with Crippen molar-refractivity contribution in [2.75, 3.05) is 0 Å². The van der Waals surface area contributed by atoms with Gasteiger partial charge in [0.05, 0.1) is 6.54 Å². The molecule has 1 aliphatic rings. The molecule has 0 saturated carbocycles. The van der Waals surface area contributed by atoms with Gasteiger partial charge in [-0.2, -0.15) is 5.10 Å². The second-order valence-electron chi connectivity index (χ2n) is 2.66. The van der Waals surface area contributed by atoms with Gasteiger partial charge in [0, 0.05) is 12.1 Å². The van der Waals surface area contributed by atoms with E-state index in [1.807, 2.05) is 6.92 Å². The predicted molar refractivity (Wildman–Crippen MR) is 35.7 cm³/mol. The number of hydrogen-bond donors (Lipinski definition) is 0. The highest BCUT2D eigenvalue weighted by molar-refractivity contribution is 5.97. The number of ketones is 1. The molecule has 1 aromatic rings. The van der Waals surface area contributed by atoms with Crippen LogP contribution >= 0.6 is 0 Å². The minimum atomic E-state index is 0.128. The number of Topliss-reactive ketones (excluding diaryl/α,β-unsaturated/α-hetero) is 1. The van der Waals surface area contributed by atoms with Crippen LogP contribution in [-0.2, 0) is 6.54 Å². The number of nitrogens with zero attached hydrogens (tertiary/aromatic N) is 2. The number of aromatic nitrogens is 2. The van der Waals surface area contributed by atoms with Gasteiger partial charge in [0.2, 0.25) is 0 Å². The predicted octanol–water partition coefficient (Wildman–Crippen LogP) is 0.716. The van der Waals surface area contributed by atoms with E-state index in [-0.39, 0.29) is 11.7 Å². The first-order chi connectivity index (χ1) is 4.79. The molecule has 1 atom stereocenters. The molecular weight excluding hydrogens is 128 g/mol. The lowest BCUT2D eigenvalue weighted by Crippen LogP contribution is -2.03. The summed E-state index contributed by atoms with van der Waals surface area (Å²) in [5.41, 5.74) is 0.757. The summed E-state index contributed by atoms with van der Waals surface area (Å²) in [7, 11) is 0. The van der Waals surface area contributed by atoms with E-state index in [0.717, 1.165) is 12.2 Å². The molecule has 0 radical (unpaired) electrons. The van der Waals surface area contributed by atoms with E-state index < -0.39 is 0 Å². The van der Waals surface area contributed by atoms with Crippen LogP contribution in [0.4, 0.5) is 0 Å². The molecule has 0 bridgehead atoms. The van der Waals surface area contributed by atoms with Crippen molar-refractivity contribution < 1.29 is 4.79 Å². The third-order valence-electron chi connectivity index (χ3n) is 1.86. The molecule has 52 valence electrons. The lowest BCUT2D eigenvalue weighted by Gasteiger charge is -1.93. The molecular formula is C7H8N2O. The Morgan fingerprint density at radius 2 is 2.60 bits per heavy atom. The SMILES string of the molecule is CC1Cn2nccc2C1=O. The molecule has 0 saturated heterocycles. The molecule has 3 nitrogen and oxygen atoms in total. The molecule has 10 heavy (non-hydrogen) atoms. The Morgan fingerprint density at radius 1 is 1.80 bits per heavy atom. The fraction of sp³-hybridized carbons (Fsp3) is 0.429. The third kappa shape index (κ3) is 0.546. The third-order valence-corrected chi connectivity index (χ3v) is 1.86. The normalized spacial score (nSPS) is 23.3. The maximum Gasteiger partial charge on any atom is 0.185 e. The second kappa shape index (κ2) is 1.68. The first kappa shape index (κ1) is 5.65. The summed E-state index contributed by atoms with van der Waals surface area (Å²) in [6.07, 6.45) is 1.67. The summed E-state index contributed by atoms with van der Waals surface area (Å²) in [6.45, 7) is 2.68. The molecule has 0 aromatic carbocycles. The van der Waals surface area contributed by atoms with Crippen molar-refractivity contribution in [3.63, 3.8) is 0 Å². The standard InChI is InChI=1S/C7H8N2O/c1-5-4-9-6(7(5)10)2-3-8-9/h2-3,5H,4H2,1H3. The van der Waals surface area contributed by atoms with Crippen molar-refractivity contribution >= 4 is 5.78 Å². The van der Waals surface area contributed by atoms with E-state index in [2.05, 4.69) is 5.10 Å². The first-order valence-electron chi connectivity index (χ1n) is 3.35. The summed E-state index contributed by atoms with van der Waals surface area (Å²) in [6, 6.07) is 1.77. The van der Waals surface area contributed by atoms with Gasteiger partial charge in [0.25, 0.3) is 0 Å². The number of rotatable bonds is 0. The fourth-order valence-electron chi connectivity index (χ4n) is 1.28. The van der Waals surface area contributed by atoms with Crippen LogP contribution in [0.15, 0.2) is 12.3 Å². The molecule has 2 heterocycles. The minimum Gasteiger partial charge on any atom is -0.292 e. The highest BCUT2D eigenvalue weighted by Crippen LogP contribution is 2.17. The van der Waals surface area contributed by atoms with Gasteiger partial charge in [-0.05, 0) is 6.07 Å². The van der Waals surface area contributed by atoms with Crippen molar-refractivity contribution in [3.05, 3.63) is 18.0 Å². The van der Waals surface area contributed by atoms with E-state index >= 15 is 0 Å². The van der Waals surface area contributed by atoms with Crippen molar-refractivity contribution in [1.82, 2.24) is 9.78 Å². The molecule has 0 amide bonds. The molecule has 3 heteroatoms. The Kier molecular flexibility index (Phi) is 0.952. The van der Waals surface area contributed by atoms with Crippen molar-refractivity contribution in [3.8, 4) is 0 Å². The average molecular weight is 136 g/mol. The Labute approximate surface area is 58.7 Å². The van der Waals surface area contributed by atoms with Gasteiger partial charge >= 0.3 is 0 Å². The largest absolute Gasteiger partial charge is 0.292 e. The van der Waals surface area contributed by atoms with Crippen molar-refractivity contribution in [2.45, 2.75) is 13.5 Å². The maximum absolute atomic E-state index is 11.2. The van der Waals surface area contributed by atoms with Gasteiger partial charge in [-0.3, -0.25) is 9.48 Å². The first-order valence-corrected chi connectivity index (χ1v) is 3.35. The van der Waals surface area contributed by atoms with Crippen molar-refractivity contribution in [2.24, 2.45) is 5.92 Å². The summed E-state index contributed by atoms with van der Waals surface area (Å²) in [5, 5.41) is 3.99. The molecule has 0 spiro atoms. The second-order valence-corrected chi connectivity index (χ2v) is 2.66. The smallest absolute Gasteiger partial charge is 0.185 e. The van der Waals surface area contributed by atoms with Crippen LogP contribution in [0.5, 0.6) is 0 Å². The molecule has 2 rings (SSSR count). The van der Waals surface area contributed by atoms with Crippen LogP contribution in [0, 0.1) is 5.92 Å². The Bertz CT molecular complexity index is 277. The molecule has 0 N–H and O–H groups in total.